The topological polar surface area (TPSA) is 64.3 Å². The third-order valence-electron chi connectivity index (χ3n) is 4.26. The minimum Gasteiger partial charge on any atom is -0.469 e. The average molecular weight is 340 g/mol. The van der Waals surface area contributed by atoms with E-state index in [2.05, 4.69) is 55.1 Å². The maximum Gasteiger partial charge on any atom is 0.305 e. The molecule has 0 aromatic heterocycles. The molecule has 0 fully saturated rings. The van der Waals surface area contributed by atoms with Crippen LogP contribution in [0, 0.1) is 5.41 Å². The van der Waals surface area contributed by atoms with Crippen molar-refractivity contribution in [3.05, 3.63) is 59.7 Å². The fourth-order valence-corrected chi connectivity index (χ4v) is 2.85. The van der Waals surface area contributed by atoms with Crippen molar-refractivity contribution in [3.8, 4) is 0 Å². The summed E-state index contributed by atoms with van der Waals surface area (Å²) in [6.07, 6.45) is 0.982. The van der Waals surface area contributed by atoms with Crippen LogP contribution in [0.25, 0.3) is 0 Å². The maximum atomic E-state index is 11.3. The van der Waals surface area contributed by atoms with E-state index in [0.29, 0.717) is 18.5 Å². The number of rotatable bonds is 6. The van der Waals surface area contributed by atoms with Crippen LogP contribution in [0.3, 0.4) is 0 Å². The van der Waals surface area contributed by atoms with Crippen molar-refractivity contribution in [2.45, 2.75) is 39.7 Å². The van der Waals surface area contributed by atoms with Gasteiger partial charge in [-0.1, -0.05) is 57.2 Å². The zero-order valence-electron chi connectivity index (χ0n) is 15.5. The fraction of sp³-hybridized carbons (Fsp3) is 0.381. The zero-order chi connectivity index (χ0) is 18.4. The van der Waals surface area contributed by atoms with Gasteiger partial charge in [-0.15, -0.1) is 0 Å². The fourth-order valence-electron chi connectivity index (χ4n) is 2.85. The highest BCUT2D eigenvalue weighted by Crippen LogP contribution is 2.37. The first-order valence-corrected chi connectivity index (χ1v) is 8.58. The second-order valence-electron chi connectivity index (χ2n) is 7.35. The zero-order valence-corrected chi connectivity index (χ0v) is 15.5. The van der Waals surface area contributed by atoms with E-state index in [1.807, 2.05) is 24.3 Å². The van der Waals surface area contributed by atoms with E-state index in [4.69, 9.17) is 5.73 Å². The SMILES string of the molecule is COC(=O)CCc1ccc(NC(c2ccccc2)C(C)(C)C)c(N)c1. The molecule has 0 radical (unpaired) electrons. The number of anilines is 2. The molecule has 2 aromatic rings. The molecule has 1 unspecified atom stereocenters. The highest BCUT2D eigenvalue weighted by molar-refractivity contribution is 5.71. The molecule has 4 nitrogen and oxygen atoms in total. The van der Waals surface area contributed by atoms with Gasteiger partial charge in [-0.25, -0.2) is 0 Å². The van der Waals surface area contributed by atoms with Crippen LogP contribution in [0.5, 0.6) is 0 Å². The molecule has 0 heterocycles. The Kier molecular flexibility index (Phi) is 6.07. The number of hydrogen-bond donors (Lipinski definition) is 2. The summed E-state index contributed by atoms with van der Waals surface area (Å²) in [5.41, 5.74) is 10.1. The molecule has 0 aliphatic carbocycles. The third-order valence-corrected chi connectivity index (χ3v) is 4.26. The van der Waals surface area contributed by atoms with Gasteiger partial charge in [0, 0.05) is 6.42 Å². The molecule has 0 amide bonds. The van der Waals surface area contributed by atoms with E-state index >= 15 is 0 Å². The Morgan fingerprint density at radius 3 is 2.40 bits per heavy atom. The molecule has 134 valence electrons. The summed E-state index contributed by atoms with van der Waals surface area (Å²) in [6.45, 7) is 6.62. The van der Waals surface area contributed by atoms with Crippen molar-refractivity contribution in [2.75, 3.05) is 18.2 Å². The summed E-state index contributed by atoms with van der Waals surface area (Å²) in [5.74, 6) is -0.211. The standard InChI is InChI=1S/C21H28N2O2/c1-21(2,3)20(16-8-6-5-7-9-16)23-18-12-10-15(14-17(18)22)11-13-19(24)25-4/h5-10,12,14,20,23H,11,13,22H2,1-4H3. The average Bonchev–Trinajstić information content (AvgIpc) is 2.58. The number of methoxy groups -OCH3 is 1. The molecular weight excluding hydrogens is 312 g/mol. The molecule has 0 bridgehead atoms. The predicted molar refractivity (Wildman–Crippen MR) is 103 cm³/mol. The summed E-state index contributed by atoms with van der Waals surface area (Å²) in [5, 5.41) is 3.59. The van der Waals surface area contributed by atoms with Crippen LogP contribution in [0.2, 0.25) is 0 Å². The third kappa shape index (κ3) is 5.24. The summed E-state index contributed by atoms with van der Waals surface area (Å²) in [4.78, 5) is 11.3. The summed E-state index contributed by atoms with van der Waals surface area (Å²) in [7, 11) is 1.40. The Labute approximate surface area is 150 Å². The van der Waals surface area contributed by atoms with E-state index in [1.54, 1.807) is 0 Å². The van der Waals surface area contributed by atoms with E-state index in [1.165, 1.54) is 12.7 Å². The van der Waals surface area contributed by atoms with Crippen molar-refractivity contribution in [1.82, 2.24) is 0 Å². The second-order valence-corrected chi connectivity index (χ2v) is 7.35. The molecule has 2 aromatic carbocycles. The van der Waals surface area contributed by atoms with Gasteiger partial charge in [-0.3, -0.25) is 4.79 Å². The highest BCUT2D eigenvalue weighted by Gasteiger charge is 2.26. The van der Waals surface area contributed by atoms with Crippen LogP contribution in [0.1, 0.15) is 44.4 Å². The Bertz CT molecular complexity index is 706. The van der Waals surface area contributed by atoms with E-state index in [-0.39, 0.29) is 17.4 Å². The first-order chi connectivity index (χ1) is 11.8. The Morgan fingerprint density at radius 1 is 1.16 bits per heavy atom. The van der Waals surface area contributed by atoms with Crippen molar-refractivity contribution in [3.63, 3.8) is 0 Å². The van der Waals surface area contributed by atoms with Crippen molar-refractivity contribution >= 4 is 17.3 Å². The van der Waals surface area contributed by atoms with Gasteiger partial charge >= 0.3 is 5.97 Å². The molecular formula is C21H28N2O2. The number of nitrogens with two attached hydrogens (primary N) is 1. The van der Waals surface area contributed by atoms with Crippen molar-refractivity contribution < 1.29 is 9.53 Å². The first kappa shape index (κ1) is 18.8. The number of nitrogens with one attached hydrogen (secondary N) is 1. The van der Waals surface area contributed by atoms with Crippen LogP contribution in [-0.4, -0.2) is 13.1 Å². The quantitative estimate of drug-likeness (QED) is 0.597. The van der Waals surface area contributed by atoms with Crippen LogP contribution >= 0.6 is 0 Å². The Morgan fingerprint density at radius 2 is 1.84 bits per heavy atom. The largest absolute Gasteiger partial charge is 0.469 e. The number of benzene rings is 2. The monoisotopic (exact) mass is 340 g/mol. The summed E-state index contributed by atoms with van der Waals surface area (Å²) in [6, 6.07) is 16.4. The predicted octanol–water partition coefficient (Wildman–Crippen LogP) is 4.57. The summed E-state index contributed by atoms with van der Waals surface area (Å²) < 4.78 is 4.68. The number of esters is 1. The molecule has 0 aliphatic heterocycles. The van der Waals surface area contributed by atoms with Gasteiger partial charge in [-0.05, 0) is 35.1 Å². The van der Waals surface area contributed by atoms with Crippen LogP contribution in [0.4, 0.5) is 11.4 Å². The number of aryl methyl sites for hydroxylation is 1. The Hall–Kier alpha value is -2.49. The van der Waals surface area contributed by atoms with Gasteiger partial charge in [0.1, 0.15) is 0 Å². The molecule has 4 heteroatoms. The molecule has 0 spiro atoms. The lowest BCUT2D eigenvalue weighted by atomic mass is 9.82. The first-order valence-electron chi connectivity index (χ1n) is 8.58. The number of carbonyl (C=O) groups excluding carboxylic acids is 1. The minimum atomic E-state index is -0.211. The summed E-state index contributed by atoms with van der Waals surface area (Å²) >= 11 is 0. The molecule has 0 saturated carbocycles. The van der Waals surface area contributed by atoms with Gasteiger partial charge in [0.25, 0.3) is 0 Å². The van der Waals surface area contributed by atoms with Gasteiger partial charge in [0.2, 0.25) is 0 Å². The normalized spacial score (nSPS) is 12.5. The highest BCUT2D eigenvalue weighted by atomic mass is 16.5. The van der Waals surface area contributed by atoms with Gasteiger partial charge in [0.05, 0.1) is 24.5 Å². The van der Waals surface area contributed by atoms with Gasteiger partial charge in [-0.2, -0.15) is 0 Å². The lowest BCUT2D eigenvalue weighted by Gasteiger charge is -2.33. The molecule has 25 heavy (non-hydrogen) atoms. The van der Waals surface area contributed by atoms with Gasteiger partial charge in [0.15, 0.2) is 0 Å². The number of nitrogen functional groups attached to an aromatic ring is 1. The van der Waals surface area contributed by atoms with E-state index in [0.717, 1.165) is 11.3 Å². The second kappa shape index (κ2) is 8.06. The van der Waals surface area contributed by atoms with Gasteiger partial charge < -0.3 is 15.8 Å². The minimum absolute atomic E-state index is 0.0251. The molecule has 1 atom stereocenters. The number of ether oxygens (including phenoxy) is 1. The Balaban J connectivity index is 2.18. The number of carbonyl (C=O) groups is 1. The molecule has 0 aliphatic rings. The van der Waals surface area contributed by atoms with Crippen LogP contribution < -0.4 is 11.1 Å². The van der Waals surface area contributed by atoms with E-state index in [9.17, 15) is 4.79 Å². The van der Waals surface area contributed by atoms with E-state index < -0.39 is 0 Å². The van der Waals surface area contributed by atoms with Crippen molar-refractivity contribution in [1.29, 1.82) is 0 Å². The lowest BCUT2D eigenvalue weighted by Crippen LogP contribution is -2.26. The number of hydrogen-bond acceptors (Lipinski definition) is 4. The van der Waals surface area contributed by atoms with Crippen molar-refractivity contribution in [2.24, 2.45) is 5.41 Å². The van der Waals surface area contributed by atoms with Crippen LogP contribution in [0.15, 0.2) is 48.5 Å². The molecule has 2 rings (SSSR count). The molecule has 3 N–H and O–H groups in total. The lowest BCUT2D eigenvalue weighted by molar-refractivity contribution is -0.140. The maximum absolute atomic E-state index is 11.3. The van der Waals surface area contributed by atoms with Crippen LogP contribution in [-0.2, 0) is 16.0 Å². The smallest absolute Gasteiger partial charge is 0.305 e. The molecule has 0 saturated heterocycles.